The Morgan fingerprint density at radius 2 is 1.45 bits per heavy atom. The molecule has 1 rings (SSSR count). The van der Waals surface area contributed by atoms with E-state index >= 15 is 0 Å². The molecule has 0 spiro atoms. The monoisotopic (exact) mass is 277 g/mol. The van der Waals surface area contributed by atoms with E-state index in [2.05, 4.69) is 44.9 Å². The lowest BCUT2D eigenvalue weighted by Crippen LogP contribution is -2.17. The second kappa shape index (κ2) is 9.02. The predicted octanol–water partition coefficient (Wildman–Crippen LogP) is 4.53. The first-order chi connectivity index (χ1) is 9.62. The van der Waals surface area contributed by atoms with Gasteiger partial charge in [0.1, 0.15) is 5.75 Å². The smallest absolute Gasteiger partial charge is 0.121 e. The molecule has 0 unspecified atom stereocenters. The molecule has 0 aromatic heterocycles. The number of rotatable bonds is 9. The standard InChI is InChI=1S/C18H31NO/c1-5-8-10-16-12-15(14-19(4)7-3)13-17(18(16)20)11-9-6-2/h12-13,20H,5-11,14H2,1-4H3. The summed E-state index contributed by atoms with van der Waals surface area (Å²) in [6.45, 7) is 8.59. The fraction of sp³-hybridized carbons (Fsp3) is 0.667. The zero-order valence-corrected chi connectivity index (χ0v) is 13.7. The van der Waals surface area contributed by atoms with Gasteiger partial charge in [-0.2, -0.15) is 0 Å². The summed E-state index contributed by atoms with van der Waals surface area (Å²) < 4.78 is 0. The van der Waals surface area contributed by atoms with Crippen molar-refractivity contribution in [2.24, 2.45) is 0 Å². The highest BCUT2D eigenvalue weighted by atomic mass is 16.3. The van der Waals surface area contributed by atoms with E-state index < -0.39 is 0 Å². The van der Waals surface area contributed by atoms with Gasteiger partial charge in [0.15, 0.2) is 0 Å². The molecule has 1 N–H and O–H groups in total. The summed E-state index contributed by atoms with van der Waals surface area (Å²) in [6.07, 6.45) is 6.61. The van der Waals surface area contributed by atoms with E-state index in [1.807, 2.05) is 0 Å². The van der Waals surface area contributed by atoms with Crippen LogP contribution in [0, 0.1) is 0 Å². The molecule has 0 fully saturated rings. The Morgan fingerprint density at radius 3 is 1.85 bits per heavy atom. The van der Waals surface area contributed by atoms with Gasteiger partial charge < -0.3 is 10.0 Å². The third-order valence-corrected chi connectivity index (χ3v) is 3.92. The first kappa shape index (κ1) is 17.0. The number of hydrogen-bond acceptors (Lipinski definition) is 2. The lowest BCUT2D eigenvalue weighted by atomic mass is 9.97. The molecule has 0 heterocycles. The van der Waals surface area contributed by atoms with Crippen LogP contribution in [0.4, 0.5) is 0 Å². The molecular formula is C18H31NO. The van der Waals surface area contributed by atoms with Gasteiger partial charge in [-0.15, -0.1) is 0 Å². The van der Waals surface area contributed by atoms with Gasteiger partial charge in [-0.05, 0) is 56.0 Å². The average Bonchev–Trinajstić information content (AvgIpc) is 2.45. The number of nitrogens with zero attached hydrogens (tertiary/aromatic N) is 1. The van der Waals surface area contributed by atoms with Crippen LogP contribution in [0.15, 0.2) is 12.1 Å². The number of phenols is 1. The summed E-state index contributed by atoms with van der Waals surface area (Å²) in [5.74, 6) is 0.551. The lowest BCUT2D eigenvalue weighted by molar-refractivity contribution is 0.345. The number of unbranched alkanes of at least 4 members (excludes halogenated alkanes) is 2. The number of aromatic hydroxyl groups is 1. The summed E-state index contributed by atoms with van der Waals surface area (Å²) in [5.41, 5.74) is 3.62. The van der Waals surface area contributed by atoms with Crippen LogP contribution in [0.1, 0.15) is 63.1 Å². The third-order valence-electron chi connectivity index (χ3n) is 3.92. The zero-order valence-electron chi connectivity index (χ0n) is 13.7. The lowest BCUT2D eigenvalue weighted by Gasteiger charge is -2.17. The maximum Gasteiger partial charge on any atom is 0.121 e. The summed E-state index contributed by atoms with van der Waals surface area (Å²) in [4.78, 5) is 2.31. The number of hydrogen-bond donors (Lipinski definition) is 1. The molecule has 0 saturated carbocycles. The highest BCUT2D eigenvalue weighted by molar-refractivity contribution is 5.44. The largest absolute Gasteiger partial charge is 0.507 e. The van der Waals surface area contributed by atoms with Crippen molar-refractivity contribution in [3.63, 3.8) is 0 Å². The summed E-state index contributed by atoms with van der Waals surface area (Å²) in [5, 5.41) is 10.4. The van der Waals surface area contributed by atoms with Crippen LogP contribution in [-0.2, 0) is 19.4 Å². The van der Waals surface area contributed by atoms with Crippen LogP contribution in [0.5, 0.6) is 5.75 Å². The summed E-state index contributed by atoms with van der Waals surface area (Å²) in [6, 6.07) is 4.40. The topological polar surface area (TPSA) is 23.5 Å². The van der Waals surface area contributed by atoms with Crippen molar-refractivity contribution >= 4 is 0 Å². The SMILES string of the molecule is CCCCc1cc(CN(C)CC)cc(CCCC)c1O. The molecule has 1 aromatic carbocycles. The molecule has 2 heteroatoms. The van der Waals surface area contributed by atoms with Crippen molar-refractivity contribution in [3.8, 4) is 5.75 Å². The number of benzene rings is 1. The second-order valence-corrected chi connectivity index (χ2v) is 5.80. The van der Waals surface area contributed by atoms with Crippen molar-refractivity contribution in [3.05, 3.63) is 28.8 Å². The van der Waals surface area contributed by atoms with Gasteiger partial charge in [0.2, 0.25) is 0 Å². The molecule has 0 radical (unpaired) electrons. The minimum Gasteiger partial charge on any atom is -0.507 e. The number of aryl methyl sites for hydroxylation is 2. The molecule has 0 atom stereocenters. The fourth-order valence-electron chi connectivity index (χ4n) is 2.46. The Morgan fingerprint density at radius 1 is 0.950 bits per heavy atom. The molecule has 0 aliphatic heterocycles. The van der Waals surface area contributed by atoms with Gasteiger partial charge in [0, 0.05) is 6.54 Å². The van der Waals surface area contributed by atoms with Gasteiger partial charge in [0.05, 0.1) is 0 Å². The van der Waals surface area contributed by atoms with E-state index in [0.717, 1.165) is 49.9 Å². The van der Waals surface area contributed by atoms with Crippen molar-refractivity contribution < 1.29 is 5.11 Å². The second-order valence-electron chi connectivity index (χ2n) is 5.80. The normalized spacial score (nSPS) is 11.2. The molecular weight excluding hydrogens is 246 g/mol. The highest BCUT2D eigenvalue weighted by Gasteiger charge is 2.10. The Labute approximate surface area is 124 Å². The molecule has 1 aromatic rings. The average molecular weight is 277 g/mol. The summed E-state index contributed by atoms with van der Waals surface area (Å²) in [7, 11) is 2.14. The molecule has 0 aliphatic carbocycles. The molecule has 0 amide bonds. The Kier molecular flexibility index (Phi) is 7.68. The van der Waals surface area contributed by atoms with E-state index in [-0.39, 0.29) is 0 Å². The van der Waals surface area contributed by atoms with E-state index in [0.29, 0.717) is 5.75 Å². The van der Waals surface area contributed by atoms with E-state index in [1.54, 1.807) is 0 Å². The van der Waals surface area contributed by atoms with Gasteiger partial charge in [-0.25, -0.2) is 0 Å². The van der Waals surface area contributed by atoms with Gasteiger partial charge in [-0.3, -0.25) is 0 Å². The van der Waals surface area contributed by atoms with Crippen LogP contribution in [0.2, 0.25) is 0 Å². The quantitative estimate of drug-likeness (QED) is 0.717. The molecule has 114 valence electrons. The van der Waals surface area contributed by atoms with Crippen LogP contribution >= 0.6 is 0 Å². The molecule has 0 bridgehead atoms. The van der Waals surface area contributed by atoms with E-state index in [9.17, 15) is 5.11 Å². The van der Waals surface area contributed by atoms with E-state index in [1.165, 1.54) is 18.4 Å². The minimum atomic E-state index is 0.551. The van der Waals surface area contributed by atoms with Crippen LogP contribution in [-0.4, -0.2) is 23.6 Å². The number of phenolic OH excluding ortho intramolecular Hbond substituents is 1. The highest BCUT2D eigenvalue weighted by Crippen LogP contribution is 2.28. The molecule has 0 aliphatic rings. The first-order valence-electron chi connectivity index (χ1n) is 8.14. The first-order valence-corrected chi connectivity index (χ1v) is 8.14. The van der Waals surface area contributed by atoms with Gasteiger partial charge in [-0.1, -0.05) is 45.7 Å². The molecule has 20 heavy (non-hydrogen) atoms. The fourth-order valence-corrected chi connectivity index (χ4v) is 2.46. The predicted molar refractivity (Wildman–Crippen MR) is 87.3 cm³/mol. The molecule has 0 saturated heterocycles. The maximum atomic E-state index is 10.4. The van der Waals surface area contributed by atoms with Gasteiger partial charge in [0.25, 0.3) is 0 Å². The maximum absolute atomic E-state index is 10.4. The third kappa shape index (κ3) is 5.16. The van der Waals surface area contributed by atoms with Gasteiger partial charge >= 0.3 is 0 Å². The van der Waals surface area contributed by atoms with Crippen molar-refractivity contribution in [1.82, 2.24) is 4.90 Å². The molecule has 2 nitrogen and oxygen atoms in total. The van der Waals surface area contributed by atoms with E-state index in [4.69, 9.17) is 0 Å². The zero-order chi connectivity index (χ0) is 15.0. The van der Waals surface area contributed by atoms with Crippen LogP contribution in [0.25, 0.3) is 0 Å². The van der Waals surface area contributed by atoms with Crippen molar-refractivity contribution in [2.45, 2.75) is 65.8 Å². The Bertz CT molecular complexity index is 371. The Balaban J connectivity index is 2.98. The van der Waals surface area contributed by atoms with Crippen LogP contribution < -0.4 is 0 Å². The Hall–Kier alpha value is -1.02. The minimum absolute atomic E-state index is 0.551. The van der Waals surface area contributed by atoms with Crippen molar-refractivity contribution in [1.29, 1.82) is 0 Å². The van der Waals surface area contributed by atoms with Crippen LogP contribution in [0.3, 0.4) is 0 Å². The summed E-state index contributed by atoms with van der Waals surface area (Å²) >= 11 is 0. The van der Waals surface area contributed by atoms with Crippen molar-refractivity contribution in [2.75, 3.05) is 13.6 Å².